The zero-order valence-corrected chi connectivity index (χ0v) is 16.3. The Morgan fingerprint density at radius 1 is 1.11 bits per heavy atom. The third kappa shape index (κ3) is 4.80. The number of nitrogens with one attached hydrogen (secondary N) is 1. The average Bonchev–Trinajstić information content (AvgIpc) is 3.18. The third-order valence-electron chi connectivity index (χ3n) is 4.60. The Hall–Kier alpha value is -2.53. The molecular formula is C21H23ClN2O3. The van der Waals surface area contributed by atoms with Gasteiger partial charge in [-0.3, -0.25) is 9.59 Å². The van der Waals surface area contributed by atoms with Crippen LogP contribution in [0, 0.1) is 6.92 Å². The molecule has 1 unspecified atom stereocenters. The van der Waals surface area contributed by atoms with Gasteiger partial charge in [-0.2, -0.15) is 0 Å². The van der Waals surface area contributed by atoms with Crippen molar-refractivity contribution in [3.63, 3.8) is 0 Å². The highest BCUT2D eigenvalue weighted by molar-refractivity contribution is 6.30. The number of carbonyl (C=O) groups is 2. The van der Waals surface area contributed by atoms with Crippen molar-refractivity contribution in [2.75, 3.05) is 18.4 Å². The maximum absolute atomic E-state index is 12.4. The minimum atomic E-state index is -0.671. The number of rotatable bonds is 5. The Kier molecular flexibility index (Phi) is 6.01. The molecule has 6 heteroatoms. The van der Waals surface area contributed by atoms with Gasteiger partial charge in [0.05, 0.1) is 0 Å². The second kappa shape index (κ2) is 8.44. The smallest absolute Gasteiger partial charge is 0.265 e. The number of hydrogen-bond acceptors (Lipinski definition) is 3. The molecule has 2 aromatic carbocycles. The number of anilines is 1. The molecule has 0 radical (unpaired) electrons. The molecule has 1 aliphatic heterocycles. The van der Waals surface area contributed by atoms with E-state index in [9.17, 15) is 9.59 Å². The summed E-state index contributed by atoms with van der Waals surface area (Å²) in [6.45, 7) is 5.20. The number of halogens is 1. The maximum atomic E-state index is 12.4. The van der Waals surface area contributed by atoms with E-state index >= 15 is 0 Å². The first-order valence-electron chi connectivity index (χ1n) is 9.07. The number of carbonyl (C=O) groups excluding carboxylic acids is 2. The fourth-order valence-corrected chi connectivity index (χ4v) is 3.26. The highest BCUT2D eigenvalue weighted by atomic mass is 35.5. The van der Waals surface area contributed by atoms with Crippen molar-refractivity contribution in [3.8, 4) is 5.75 Å². The van der Waals surface area contributed by atoms with Crippen molar-refractivity contribution in [1.29, 1.82) is 0 Å². The summed E-state index contributed by atoms with van der Waals surface area (Å²) in [5.41, 5.74) is 2.13. The Morgan fingerprint density at radius 2 is 1.78 bits per heavy atom. The van der Waals surface area contributed by atoms with Crippen LogP contribution in [0.1, 0.15) is 35.7 Å². The van der Waals surface area contributed by atoms with E-state index in [-0.39, 0.29) is 11.8 Å². The lowest BCUT2D eigenvalue weighted by molar-refractivity contribution is -0.122. The van der Waals surface area contributed by atoms with Crippen LogP contribution in [0.15, 0.2) is 42.5 Å². The summed E-state index contributed by atoms with van der Waals surface area (Å²) in [7, 11) is 0. The SMILES string of the molecule is Cc1cc(Cl)ccc1OC(C)C(=O)Nc1ccc(C(=O)N2CCCC2)cc1. The number of ether oxygens (including phenoxy) is 1. The van der Waals surface area contributed by atoms with Gasteiger partial charge in [0.25, 0.3) is 11.8 Å². The molecule has 1 atom stereocenters. The van der Waals surface area contributed by atoms with Gasteiger partial charge in [0, 0.05) is 29.4 Å². The van der Waals surface area contributed by atoms with Crippen LogP contribution >= 0.6 is 11.6 Å². The van der Waals surface area contributed by atoms with E-state index in [0.29, 0.717) is 22.0 Å². The Morgan fingerprint density at radius 3 is 2.41 bits per heavy atom. The zero-order chi connectivity index (χ0) is 19.4. The van der Waals surface area contributed by atoms with Crippen LogP contribution in [0.25, 0.3) is 0 Å². The highest BCUT2D eigenvalue weighted by Gasteiger charge is 2.20. The van der Waals surface area contributed by atoms with Crippen molar-refractivity contribution in [3.05, 3.63) is 58.6 Å². The lowest BCUT2D eigenvalue weighted by atomic mass is 10.1. The third-order valence-corrected chi connectivity index (χ3v) is 4.84. The van der Waals surface area contributed by atoms with Crippen molar-refractivity contribution in [2.45, 2.75) is 32.8 Å². The van der Waals surface area contributed by atoms with Crippen LogP contribution in [0.3, 0.4) is 0 Å². The van der Waals surface area contributed by atoms with Gasteiger partial charge in [0.1, 0.15) is 5.75 Å². The normalized spacial score (nSPS) is 14.7. The van der Waals surface area contributed by atoms with Gasteiger partial charge in [-0.05, 0) is 74.7 Å². The van der Waals surface area contributed by atoms with Crippen LogP contribution in [0.2, 0.25) is 5.02 Å². The molecule has 2 aromatic rings. The molecule has 1 N–H and O–H groups in total. The summed E-state index contributed by atoms with van der Waals surface area (Å²) >= 11 is 5.94. The van der Waals surface area contributed by atoms with E-state index < -0.39 is 6.10 Å². The van der Waals surface area contributed by atoms with Gasteiger partial charge in [0.15, 0.2) is 6.10 Å². The van der Waals surface area contributed by atoms with E-state index in [1.165, 1.54) is 0 Å². The van der Waals surface area contributed by atoms with Crippen molar-refractivity contribution in [1.82, 2.24) is 4.90 Å². The minimum Gasteiger partial charge on any atom is -0.481 e. The van der Waals surface area contributed by atoms with Gasteiger partial charge < -0.3 is 15.0 Å². The van der Waals surface area contributed by atoms with Gasteiger partial charge in [-0.25, -0.2) is 0 Å². The second-order valence-electron chi connectivity index (χ2n) is 6.74. The summed E-state index contributed by atoms with van der Waals surface area (Å²) in [4.78, 5) is 26.6. The fraction of sp³-hybridized carbons (Fsp3) is 0.333. The first kappa shape index (κ1) is 19.2. The Bertz CT molecular complexity index is 830. The largest absolute Gasteiger partial charge is 0.481 e. The number of likely N-dealkylation sites (tertiary alicyclic amines) is 1. The average molecular weight is 387 g/mol. The predicted molar refractivity (Wildman–Crippen MR) is 106 cm³/mol. The van der Waals surface area contributed by atoms with Crippen LogP contribution in [0.4, 0.5) is 5.69 Å². The molecule has 142 valence electrons. The quantitative estimate of drug-likeness (QED) is 0.833. The second-order valence-corrected chi connectivity index (χ2v) is 7.17. The lowest BCUT2D eigenvalue weighted by Crippen LogP contribution is -2.30. The number of amides is 2. The number of benzene rings is 2. The van der Waals surface area contributed by atoms with E-state index in [0.717, 1.165) is 31.5 Å². The zero-order valence-electron chi connectivity index (χ0n) is 15.5. The van der Waals surface area contributed by atoms with Crippen LogP contribution < -0.4 is 10.1 Å². The van der Waals surface area contributed by atoms with Crippen molar-refractivity contribution < 1.29 is 14.3 Å². The molecule has 1 fully saturated rings. The van der Waals surface area contributed by atoms with E-state index in [2.05, 4.69) is 5.32 Å². The number of nitrogens with zero attached hydrogens (tertiary/aromatic N) is 1. The van der Waals surface area contributed by atoms with Crippen LogP contribution in [-0.2, 0) is 4.79 Å². The molecule has 1 saturated heterocycles. The van der Waals surface area contributed by atoms with E-state index in [1.807, 2.05) is 11.8 Å². The van der Waals surface area contributed by atoms with Gasteiger partial charge >= 0.3 is 0 Å². The molecule has 0 spiro atoms. The molecule has 3 rings (SSSR count). The molecule has 2 amide bonds. The van der Waals surface area contributed by atoms with Gasteiger partial charge in [-0.15, -0.1) is 0 Å². The topological polar surface area (TPSA) is 58.6 Å². The molecule has 0 saturated carbocycles. The number of hydrogen-bond donors (Lipinski definition) is 1. The minimum absolute atomic E-state index is 0.0419. The Labute approximate surface area is 164 Å². The van der Waals surface area contributed by atoms with Crippen LogP contribution in [0.5, 0.6) is 5.75 Å². The van der Waals surface area contributed by atoms with Crippen molar-refractivity contribution >= 4 is 29.1 Å². The van der Waals surface area contributed by atoms with Crippen molar-refractivity contribution in [2.24, 2.45) is 0 Å². The summed E-state index contributed by atoms with van der Waals surface area (Å²) in [5, 5.41) is 3.44. The molecule has 1 aliphatic rings. The van der Waals surface area contributed by atoms with E-state index in [4.69, 9.17) is 16.3 Å². The Balaban J connectivity index is 1.59. The van der Waals surface area contributed by atoms with Crippen LogP contribution in [-0.4, -0.2) is 35.9 Å². The molecule has 0 aromatic heterocycles. The van der Waals surface area contributed by atoms with E-state index in [1.54, 1.807) is 49.4 Å². The standard InChI is InChI=1S/C21H23ClN2O3/c1-14-13-17(22)7-10-19(14)27-15(2)20(25)23-18-8-5-16(6-9-18)21(26)24-11-3-4-12-24/h5-10,13,15H,3-4,11-12H2,1-2H3,(H,23,25). The summed E-state index contributed by atoms with van der Waals surface area (Å²) in [6.07, 6.45) is 1.45. The van der Waals surface area contributed by atoms with Gasteiger partial charge in [0.2, 0.25) is 0 Å². The molecule has 0 bridgehead atoms. The number of aryl methyl sites for hydroxylation is 1. The maximum Gasteiger partial charge on any atom is 0.265 e. The fourth-order valence-electron chi connectivity index (χ4n) is 3.03. The molecule has 27 heavy (non-hydrogen) atoms. The summed E-state index contributed by atoms with van der Waals surface area (Å²) in [6, 6.07) is 12.2. The first-order chi connectivity index (χ1) is 12.9. The predicted octanol–water partition coefficient (Wildman–Crippen LogP) is 4.29. The van der Waals surface area contributed by atoms with Gasteiger partial charge in [-0.1, -0.05) is 11.6 Å². The molecule has 5 nitrogen and oxygen atoms in total. The molecular weight excluding hydrogens is 364 g/mol. The lowest BCUT2D eigenvalue weighted by Gasteiger charge is -2.17. The first-order valence-corrected chi connectivity index (χ1v) is 9.45. The molecule has 1 heterocycles. The monoisotopic (exact) mass is 386 g/mol. The summed E-state index contributed by atoms with van der Waals surface area (Å²) < 4.78 is 5.73. The summed E-state index contributed by atoms with van der Waals surface area (Å²) in [5.74, 6) is 0.400. The highest BCUT2D eigenvalue weighted by Crippen LogP contribution is 2.23. The molecule has 0 aliphatic carbocycles.